The molecule has 178 valence electrons. The van der Waals surface area contributed by atoms with Crippen LogP contribution in [0.3, 0.4) is 0 Å². The van der Waals surface area contributed by atoms with Crippen molar-refractivity contribution >= 4 is 17.3 Å². The Kier molecular flexibility index (Phi) is 9.35. The Balaban J connectivity index is 2.01. The first-order valence-electron chi connectivity index (χ1n) is 11.1. The zero-order chi connectivity index (χ0) is 24.6. The van der Waals surface area contributed by atoms with E-state index in [1.54, 1.807) is 0 Å². The number of hydrogen-bond donors (Lipinski definition) is 1. The Morgan fingerprint density at radius 3 is 1.58 bits per heavy atom. The number of carbonyl (C=O) groups excluding carboxylic acids is 3. The maximum absolute atomic E-state index is 11.7. The van der Waals surface area contributed by atoms with Crippen molar-refractivity contribution in [3.05, 3.63) is 59.7 Å². The number of benzene rings is 2. The molecule has 2 atom stereocenters. The van der Waals surface area contributed by atoms with E-state index in [2.05, 4.69) is 13.8 Å². The first-order valence-corrected chi connectivity index (χ1v) is 11.1. The average Bonchev–Trinajstić information content (AvgIpc) is 2.75. The Labute approximate surface area is 195 Å². The molecule has 0 aromatic heterocycles. The Hall–Kier alpha value is -2.99. The van der Waals surface area contributed by atoms with Crippen LogP contribution in [0.25, 0.3) is 0 Å². The topological polar surface area (TPSA) is 89.9 Å². The van der Waals surface area contributed by atoms with Crippen molar-refractivity contribution in [2.45, 2.75) is 59.0 Å². The van der Waals surface area contributed by atoms with Crippen molar-refractivity contribution in [3.8, 4) is 11.5 Å². The van der Waals surface area contributed by atoms with Gasteiger partial charge < -0.3 is 19.4 Å². The second-order valence-electron chi connectivity index (χ2n) is 9.07. The summed E-state index contributed by atoms with van der Waals surface area (Å²) in [6.07, 6.45) is -0.542. The van der Waals surface area contributed by atoms with E-state index in [9.17, 15) is 19.5 Å². The van der Waals surface area contributed by atoms with E-state index in [1.807, 2.05) is 48.5 Å². The summed E-state index contributed by atoms with van der Waals surface area (Å²) in [5.74, 6) is 0.698. The van der Waals surface area contributed by atoms with Gasteiger partial charge in [-0.25, -0.2) is 0 Å². The summed E-state index contributed by atoms with van der Waals surface area (Å²) in [5, 5.41) is 9.78. The van der Waals surface area contributed by atoms with Gasteiger partial charge >= 0.3 is 0 Å². The molecule has 0 aliphatic rings. The van der Waals surface area contributed by atoms with Gasteiger partial charge in [-0.3, -0.25) is 9.59 Å². The molecule has 0 saturated heterocycles. The summed E-state index contributed by atoms with van der Waals surface area (Å²) < 4.78 is 11.3. The quantitative estimate of drug-likeness (QED) is 0.486. The van der Waals surface area contributed by atoms with Gasteiger partial charge in [0, 0.05) is 18.3 Å². The number of ether oxygens (including phenoxy) is 2. The molecule has 2 rings (SSSR count). The van der Waals surface area contributed by atoms with E-state index in [0.717, 1.165) is 11.1 Å². The summed E-state index contributed by atoms with van der Waals surface area (Å²) in [4.78, 5) is 34.1. The van der Waals surface area contributed by atoms with Crippen LogP contribution in [0.2, 0.25) is 0 Å². The summed E-state index contributed by atoms with van der Waals surface area (Å²) in [5.41, 5.74) is 1.90. The molecule has 0 saturated carbocycles. The number of Topliss-reactive ketones (excluding diaryl/α,β-unsaturated/α-hetero) is 3. The lowest BCUT2D eigenvalue weighted by Gasteiger charge is -2.26. The highest BCUT2D eigenvalue weighted by Gasteiger charge is 2.23. The molecule has 0 bridgehead atoms. The highest BCUT2D eigenvalue weighted by Crippen LogP contribution is 2.33. The predicted octanol–water partition coefficient (Wildman–Crippen LogP) is 4.29. The van der Waals surface area contributed by atoms with Crippen LogP contribution < -0.4 is 9.47 Å². The normalized spacial score (nSPS) is 13.2. The smallest absolute Gasteiger partial charge is 0.136 e. The summed E-state index contributed by atoms with van der Waals surface area (Å²) in [6, 6.07) is 15.4. The van der Waals surface area contributed by atoms with Gasteiger partial charge in [-0.2, -0.15) is 0 Å². The minimum atomic E-state index is -0.812. The van der Waals surface area contributed by atoms with Crippen LogP contribution in [0.4, 0.5) is 0 Å². The highest BCUT2D eigenvalue weighted by molar-refractivity contribution is 5.85. The Morgan fingerprint density at radius 2 is 1.18 bits per heavy atom. The van der Waals surface area contributed by atoms with Crippen molar-refractivity contribution in [2.75, 3.05) is 13.2 Å². The van der Waals surface area contributed by atoms with E-state index in [0.29, 0.717) is 11.5 Å². The third-order valence-corrected chi connectivity index (χ3v) is 5.68. The monoisotopic (exact) mass is 454 g/mol. The van der Waals surface area contributed by atoms with Gasteiger partial charge in [0.05, 0.1) is 18.6 Å². The van der Waals surface area contributed by atoms with E-state index in [4.69, 9.17) is 9.47 Å². The van der Waals surface area contributed by atoms with Gasteiger partial charge in [0.2, 0.25) is 0 Å². The lowest BCUT2D eigenvalue weighted by molar-refractivity contribution is -0.126. The molecule has 0 aliphatic carbocycles. The largest absolute Gasteiger partial charge is 0.493 e. The van der Waals surface area contributed by atoms with Crippen LogP contribution in [0.15, 0.2) is 48.5 Å². The molecule has 1 N–H and O–H groups in total. The first-order chi connectivity index (χ1) is 15.5. The second kappa shape index (κ2) is 11.8. The van der Waals surface area contributed by atoms with Gasteiger partial charge in [-0.05, 0) is 56.2 Å². The number of carbonyl (C=O) groups is 3. The maximum atomic E-state index is 11.7. The van der Waals surface area contributed by atoms with Gasteiger partial charge in [0.25, 0.3) is 0 Å². The molecule has 0 spiro atoms. The van der Waals surface area contributed by atoms with Crippen LogP contribution in [0.1, 0.15) is 58.6 Å². The third kappa shape index (κ3) is 8.13. The molecule has 33 heavy (non-hydrogen) atoms. The Morgan fingerprint density at radius 1 is 0.758 bits per heavy atom. The maximum Gasteiger partial charge on any atom is 0.136 e. The van der Waals surface area contributed by atoms with Gasteiger partial charge in [-0.1, -0.05) is 38.1 Å². The zero-order valence-corrected chi connectivity index (χ0v) is 20.1. The lowest BCUT2D eigenvalue weighted by atomic mass is 9.78. The fraction of sp³-hybridized carbons (Fsp3) is 0.444. The summed E-state index contributed by atoms with van der Waals surface area (Å²) >= 11 is 0. The van der Waals surface area contributed by atoms with Crippen LogP contribution in [0, 0.1) is 5.92 Å². The molecule has 2 unspecified atom stereocenters. The van der Waals surface area contributed by atoms with Crippen molar-refractivity contribution in [1.82, 2.24) is 0 Å². The van der Waals surface area contributed by atoms with E-state index < -0.39 is 12.0 Å². The fourth-order valence-electron chi connectivity index (χ4n) is 3.55. The van der Waals surface area contributed by atoms with Gasteiger partial charge in [-0.15, -0.1) is 0 Å². The molecule has 2 aromatic rings. The highest BCUT2D eigenvalue weighted by atomic mass is 16.5. The van der Waals surface area contributed by atoms with Crippen molar-refractivity contribution in [3.63, 3.8) is 0 Å². The third-order valence-electron chi connectivity index (χ3n) is 5.68. The summed E-state index contributed by atoms with van der Waals surface area (Å²) in [7, 11) is 0. The molecular formula is C27H34O6. The molecule has 2 aromatic carbocycles. The van der Waals surface area contributed by atoms with Crippen LogP contribution in [-0.2, 0) is 19.8 Å². The lowest BCUT2D eigenvalue weighted by Crippen LogP contribution is -2.22. The molecule has 0 amide bonds. The Bertz CT molecular complexity index is 944. The molecule has 0 radical (unpaired) electrons. The molecule has 6 nitrogen and oxygen atoms in total. The number of aliphatic hydroxyl groups is 1. The molecule has 0 fully saturated rings. The minimum Gasteiger partial charge on any atom is -0.493 e. The van der Waals surface area contributed by atoms with E-state index in [1.165, 1.54) is 20.8 Å². The van der Waals surface area contributed by atoms with Crippen molar-refractivity contribution < 1.29 is 29.0 Å². The van der Waals surface area contributed by atoms with Crippen molar-refractivity contribution in [2.24, 2.45) is 5.92 Å². The fourth-order valence-corrected chi connectivity index (χ4v) is 3.55. The number of aliphatic hydroxyl groups excluding tert-OH is 1. The van der Waals surface area contributed by atoms with E-state index >= 15 is 0 Å². The number of ketones is 3. The number of rotatable bonds is 13. The van der Waals surface area contributed by atoms with Gasteiger partial charge in [0.15, 0.2) is 0 Å². The van der Waals surface area contributed by atoms with Gasteiger partial charge in [0.1, 0.15) is 35.5 Å². The molecular weight excluding hydrogens is 420 g/mol. The second-order valence-corrected chi connectivity index (χ2v) is 9.07. The van der Waals surface area contributed by atoms with Crippen LogP contribution in [0.5, 0.6) is 11.5 Å². The first kappa shape index (κ1) is 26.3. The average molecular weight is 455 g/mol. The van der Waals surface area contributed by atoms with Crippen LogP contribution >= 0.6 is 0 Å². The van der Waals surface area contributed by atoms with E-state index in [-0.39, 0.29) is 48.8 Å². The predicted molar refractivity (Wildman–Crippen MR) is 127 cm³/mol. The van der Waals surface area contributed by atoms with Crippen LogP contribution in [-0.4, -0.2) is 41.8 Å². The SMILES string of the molecule is CC(=O)CC(O)COc1ccc(C(C)(C)c2ccc(OCC(CC(C)=O)C(C)=O)cc2)cc1. The van der Waals surface area contributed by atoms with Crippen molar-refractivity contribution in [1.29, 1.82) is 0 Å². The standard InChI is InChI=1S/C27H34O6/c1-18(28)14-21(20(3)30)16-32-25-10-6-22(7-11-25)27(4,5)23-8-12-26(13-9-23)33-17-24(31)15-19(2)29/h6-13,21,24,31H,14-17H2,1-5H3. The minimum absolute atomic E-state index is 0.0282. The molecule has 0 aliphatic heterocycles. The molecule has 6 heteroatoms. The number of hydrogen-bond acceptors (Lipinski definition) is 6. The molecule has 0 heterocycles. The zero-order valence-electron chi connectivity index (χ0n) is 20.1. The summed E-state index contributed by atoms with van der Waals surface area (Å²) in [6.45, 7) is 8.88.